The van der Waals surface area contributed by atoms with Gasteiger partial charge in [-0.1, -0.05) is 38.1 Å². The summed E-state index contributed by atoms with van der Waals surface area (Å²) in [5.41, 5.74) is 4.90. The van der Waals surface area contributed by atoms with Gasteiger partial charge in [-0.05, 0) is 48.2 Å². The Morgan fingerprint density at radius 3 is 1.89 bits per heavy atom. The number of hydrogen-bond donors (Lipinski definition) is 2. The van der Waals surface area contributed by atoms with Crippen LogP contribution < -0.4 is 10.3 Å². The Balaban J connectivity index is 1.94. The summed E-state index contributed by atoms with van der Waals surface area (Å²) in [5, 5.41) is 3.24. The number of hydrogen-bond acceptors (Lipinski definition) is 0. The van der Waals surface area contributed by atoms with Gasteiger partial charge in [-0.25, -0.2) is 10.3 Å². The fraction of sp³-hybridized carbons (Fsp3) is 0.235. The molecule has 2 rings (SSSR count). The SMILES string of the molecule is CCc1ccc(NC=[NH+]c2ccc(CC)cc2)cc1. The van der Waals surface area contributed by atoms with Gasteiger partial charge in [0.1, 0.15) is 11.4 Å². The van der Waals surface area contributed by atoms with Gasteiger partial charge >= 0.3 is 0 Å². The number of aryl methyl sites for hydroxylation is 2. The summed E-state index contributed by atoms with van der Waals surface area (Å²) in [4.78, 5) is 3.24. The van der Waals surface area contributed by atoms with Crippen LogP contribution in [0.25, 0.3) is 0 Å². The van der Waals surface area contributed by atoms with Crippen molar-refractivity contribution in [2.75, 3.05) is 5.32 Å². The third-order valence-electron chi connectivity index (χ3n) is 3.20. The van der Waals surface area contributed by atoms with E-state index in [2.05, 4.69) is 72.7 Å². The van der Waals surface area contributed by atoms with Crippen LogP contribution in [0, 0.1) is 0 Å². The molecule has 0 spiro atoms. The lowest BCUT2D eigenvalue weighted by atomic mass is 10.1. The molecule has 0 heterocycles. The maximum Gasteiger partial charge on any atom is 0.240 e. The summed E-state index contributed by atoms with van der Waals surface area (Å²) in [6.45, 7) is 4.33. The highest BCUT2D eigenvalue weighted by molar-refractivity contribution is 5.72. The fourth-order valence-corrected chi connectivity index (χ4v) is 1.88. The molecule has 0 aliphatic carbocycles. The van der Waals surface area contributed by atoms with Crippen molar-refractivity contribution in [3.05, 3.63) is 59.7 Å². The van der Waals surface area contributed by atoms with E-state index >= 15 is 0 Å². The lowest BCUT2D eigenvalue weighted by Crippen LogP contribution is -2.62. The minimum Gasteiger partial charge on any atom is -0.247 e. The standard InChI is InChI=1S/C17H20N2/c1-3-14-5-9-16(10-6-14)18-13-19-17-11-7-15(4-2)8-12-17/h5-13H,3-4H2,1-2H3,(H,18,19)/p+1. The molecule has 0 aromatic heterocycles. The molecular weight excluding hydrogens is 232 g/mol. The predicted octanol–water partition coefficient (Wildman–Crippen LogP) is 2.66. The molecule has 2 N–H and O–H groups in total. The molecule has 98 valence electrons. The monoisotopic (exact) mass is 253 g/mol. The van der Waals surface area contributed by atoms with Gasteiger partial charge in [0, 0.05) is 0 Å². The second-order valence-electron chi connectivity index (χ2n) is 4.53. The van der Waals surface area contributed by atoms with E-state index in [0.717, 1.165) is 24.2 Å². The third-order valence-corrected chi connectivity index (χ3v) is 3.20. The van der Waals surface area contributed by atoms with Gasteiger partial charge in [0.25, 0.3) is 0 Å². The fourth-order valence-electron chi connectivity index (χ4n) is 1.88. The van der Waals surface area contributed by atoms with E-state index in [-0.39, 0.29) is 0 Å². The zero-order valence-electron chi connectivity index (χ0n) is 11.6. The van der Waals surface area contributed by atoms with Crippen LogP contribution in [0.3, 0.4) is 0 Å². The molecule has 0 aliphatic heterocycles. The quantitative estimate of drug-likeness (QED) is 0.622. The molecule has 0 aliphatic rings. The predicted molar refractivity (Wildman–Crippen MR) is 81.9 cm³/mol. The molecular formula is C17H21N2+. The first kappa shape index (κ1) is 13.3. The van der Waals surface area contributed by atoms with E-state index in [0.29, 0.717) is 0 Å². The lowest BCUT2D eigenvalue weighted by molar-refractivity contribution is -0.347. The minimum absolute atomic E-state index is 1.08. The van der Waals surface area contributed by atoms with E-state index in [9.17, 15) is 0 Å². The summed E-state index contributed by atoms with van der Waals surface area (Å²) >= 11 is 0. The number of rotatable bonds is 5. The maximum atomic E-state index is 3.24. The van der Waals surface area contributed by atoms with Gasteiger partial charge in [-0.2, -0.15) is 0 Å². The van der Waals surface area contributed by atoms with Crippen LogP contribution >= 0.6 is 0 Å². The van der Waals surface area contributed by atoms with Gasteiger partial charge in [0.2, 0.25) is 6.34 Å². The molecule has 0 bridgehead atoms. The Morgan fingerprint density at radius 2 is 1.37 bits per heavy atom. The molecule has 0 unspecified atom stereocenters. The van der Waals surface area contributed by atoms with E-state index < -0.39 is 0 Å². The Morgan fingerprint density at radius 1 is 0.842 bits per heavy atom. The first-order valence-electron chi connectivity index (χ1n) is 6.84. The molecule has 19 heavy (non-hydrogen) atoms. The van der Waals surface area contributed by atoms with Crippen LogP contribution in [0.15, 0.2) is 48.5 Å². The van der Waals surface area contributed by atoms with Crippen molar-refractivity contribution in [3.8, 4) is 0 Å². The molecule has 2 aromatic rings. The summed E-state index contributed by atoms with van der Waals surface area (Å²) in [7, 11) is 0. The normalized spacial score (nSPS) is 10.8. The van der Waals surface area contributed by atoms with Crippen LogP contribution in [0.5, 0.6) is 0 Å². The summed E-state index contributed by atoms with van der Waals surface area (Å²) in [5.74, 6) is 0. The molecule has 2 aromatic carbocycles. The van der Waals surface area contributed by atoms with Crippen LogP contribution in [-0.4, -0.2) is 6.34 Å². The molecule has 0 saturated carbocycles. The van der Waals surface area contributed by atoms with Crippen molar-refractivity contribution < 1.29 is 4.99 Å². The average molecular weight is 253 g/mol. The van der Waals surface area contributed by atoms with Gasteiger partial charge in [0.15, 0.2) is 0 Å². The van der Waals surface area contributed by atoms with Crippen molar-refractivity contribution in [2.24, 2.45) is 0 Å². The molecule has 0 radical (unpaired) electrons. The Hall–Kier alpha value is -2.09. The lowest BCUT2D eigenvalue weighted by Gasteiger charge is -1.97. The first-order valence-corrected chi connectivity index (χ1v) is 6.84. The summed E-state index contributed by atoms with van der Waals surface area (Å²) in [6, 6.07) is 17.0. The second-order valence-corrected chi connectivity index (χ2v) is 4.53. The molecule has 2 nitrogen and oxygen atoms in total. The number of anilines is 1. The number of nitrogens with one attached hydrogen (secondary N) is 2. The zero-order valence-corrected chi connectivity index (χ0v) is 11.6. The van der Waals surface area contributed by atoms with E-state index in [1.54, 1.807) is 0 Å². The highest BCUT2D eigenvalue weighted by Crippen LogP contribution is 2.08. The molecule has 0 amide bonds. The van der Waals surface area contributed by atoms with Crippen molar-refractivity contribution in [3.63, 3.8) is 0 Å². The molecule has 0 saturated heterocycles. The van der Waals surface area contributed by atoms with E-state index in [4.69, 9.17) is 0 Å². The van der Waals surface area contributed by atoms with Gasteiger partial charge < -0.3 is 0 Å². The van der Waals surface area contributed by atoms with Crippen molar-refractivity contribution >= 4 is 17.7 Å². The van der Waals surface area contributed by atoms with Crippen molar-refractivity contribution in [1.82, 2.24) is 0 Å². The van der Waals surface area contributed by atoms with Crippen LogP contribution in [0.4, 0.5) is 11.4 Å². The van der Waals surface area contributed by atoms with Crippen molar-refractivity contribution in [1.29, 1.82) is 0 Å². The minimum atomic E-state index is 1.08. The second kappa shape index (κ2) is 6.74. The van der Waals surface area contributed by atoms with Crippen LogP contribution in [-0.2, 0) is 12.8 Å². The maximum absolute atomic E-state index is 3.24. The summed E-state index contributed by atoms with van der Waals surface area (Å²) in [6.07, 6.45) is 4.01. The zero-order chi connectivity index (χ0) is 13.5. The smallest absolute Gasteiger partial charge is 0.240 e. The first-order chi connectivity index (χ1) is 9.31. The molecule has 0 atom stereocenters. The van der Waals surface area contributed by atoms with Gasteiger partial charge in [-0.15, -0.1) is 0 Å². The van der Waals surface area contributed by atoms with Gasteiger partial charge in [-0.3, -0.25) is 0 Å². The van der Waals surface area contributed by atoms with E-state index in [1.165, 1.54) is 11.1 Å². The Labute approximate surface area is 115 Å². The van der Waals surface area contributed by atoms with Crippen LogP contribution in [0.1, 0.15) is 25.0 Å². The topological polar surface area (TPSA) is 26.0 Å². The third kappa shape index (κ3) is 3.95. The number of benzene rings is 2. The van der Waals surface area contributed by atoms with Gasteiger partial charge in [0.05, 0.1) is 0 Å². The largest absolute Gasteiger partial charge is 0.247 e. The molecule has 0 fully saturated rings. The molecule has 2 heteroatoms. The Kier molecular flexibility index (Phi) is 4.73. The van der Waals surface area contributed by atoms with Crippen molar-refractivity contribution in [2.45, 2.75) is 26.7 Å². The Bertz CT molecular complexity index is 524. The van der Waals surface area contributed by atoms with E-state index in [1.807, 2.05) is 6.34 Å². The van der Waals surface area contributed by atoms with Crippen LogP contribution in [0.2, 0.25) is 0 Å². The average Bonchev–Trinajstić information content (AvgIpc) is 2.49. The highest BCUT2D eigenvalue weighted by Gasteiger charge is 1.95. The highest BCUT2D eigenvalue weighted by atomic mass is 14.9. The summed E-state index contributed by atoms with van der Waals surface area (Å²) < 4.78 is 0.